The van der Waals surface area contributed by atoms with Gasteiger partial charge in [-0.2, -0.15) is 0 Å². The largest absolute Gasteiger partial charge is 0.465 e. The van der Waals surface area contributed by atoms with Crippen LogP contribution in [-0.2, 0) is 15.6 Å². The minimum Gasteiger partial charge on any atom is -0.465 e. The molecule has 0 bridgehead atoms. The summed E-state index contributed by atoms with van der Waals surface area (Å²) < 4.78 is 4.81. The number of rotatable bonds is 3. The van der Waals surface area contributed by atoms with Gasteiger partial charge in [-0.05, 0) is 74.9 Å². The molecule has 0 spiro atoms. The SMILES string of the molecule is COC(=O)c1ccc2cc(C=Cc3ccc4c(c3)C(C)(C)CCC4(C)C)ccc2c1. The Balaban J connectivity index is 1.64. The van der Waals surface area contributed by atoms with Crippen molar-refractivity contribution in [3.63, 3.8) is 0 Å². The van der Waals surface area contributed by atoms with Crippen molar-refractivity contribution in [2.24, 2.45) is 0 Å². The Labute approximate surface area is 179 Å². The van der Waals surface area contributed by atoms with Gasteiger partial charge in [0.1, 0.15) is 0 Å². The molecule has 0 amide bonds. The number of methoxy groups -OCH3 is 1. The van der Waals surface area contributed by atoms with Crippen LogP contribution >= 0.6 is 0 Å². The molecule has 3 aromatic rings. The van der Waals surface area contributed by atoms with Crippen LogP contribution in [0.25, 0.3) is 22.9 Å². The van der Waals surface area contributed by atoms with Crippen LogP contribution in [0.5, 0.6) is 0 Å². The molecule has 154 valence electrons. The zero-order chi connectivity index (χ0) is 21.5. The van der Waals surface area contributed by atoms with E-state index in [-0.39, 0.29) is 16.8 Å². The predicted molar refractivity (Wildman–Crippen MR) is 126 cm³/mol. The molecule has 4 rings (SSSR count). The topological polar surface area (TPSA) is 26.3 Å². The second kappa shape index (κ2) is 7.43. The fourth-order valence-corrected chi connectivity index (χ4v) is 4.52. The molecule has 2 heteroatoms. The maximum absolute atomic E-state index is 11.7. The Hall–Kier alpha value is -2.87. The molecule has 0 heterocycles. The monoisotopic (exact) mass is 398 g/mol. The molecule has 0 aromatic heterocycles. The molecule has 0 atom stereocenters. The maximum Gasteiger partial charge on any atom is 0.337 e. The van der Waals surface area contributed by atoms with E-state index in [0.717, 1.165) is 16.3 Å². The van der Waals surface area contributed by atoms with E-state index in [1.54, 1.807) is 0 Å². The minimum atomic E-state index is -0.306. The summed E-state index contributed by atoms with van der Waals surface area (Å²) in [7, 11) is 1.41. The van der Waals surface area contributed by atoms with Crippen molar-refractivity contribution < 1.29 is 9.53 Å². The van der Waals surface area contributed by atoms with E-state index < -0.39 is 0 Å². The smallest absolute Gasteiger partial charge is 0.337 e. The fourth-order valence-electron chi connectivity index (χ4n) is 4.52. The number of hydrogen-bond donors (Lipinski definition) is 0. The lowest BCUT2D eigenvalue weighted by Gasteiger charge is -2.42. The summed E-state index contributed by atoms with van der Waals surface area (Å²) in [5.74, 6) is -0.306. The lowest BCUT2D eigenvalue weighted by atomic mass is 9.63. The molecule has 0 unspecified atom stereocenters. The number of benzene rings is 3. The van der Waals surface area contributed by atoms with Crippen LogP contribution in [0.3, 0.4) is 0 Å². The molecule has 0 saturated carbocycles. The number of fused-ring (bicyclic) bond motifs is 2. The molecule has 0 saturated heterocycles. The maximum atomic E-state index is 11.7. The molecular weight excluding hydrogens is 368 g/mol. The zero-order valence-electron chi connectivity index (χ0n) is 18.6. The molecule has 1 aliphatic rings. The van der Waals surface area contributed by atoms with Gasteiger partial charge in [-0.15, -0.1) is 0 Å². The van der Waals surface area contributed by atoms with Gasteiger partial charge in [0.25, 0.3) is 0 Å². The molecule has 0 fully saturated rings. The van der Waals surface area contributed by atoms with Crippen molar-refractivity contribution in [3.05, 3.63) is 82.4 Å². The third-order valence-electron chi connectivity index (χ3n) is 6.63. The van der Waals surface area contributed by atoms with E-state index >= 15 is 0 Å². The number of ether oxygens (including phenoxy) is 1. The predicted octanol–water partition coefficient (Wildman–Crippen LogP) is 7.15. The standard InChI is InChI=1S/C28H30O2/c1-27(2)14-15-28(3,4)25-17-20(9-13-24(25)27)7-6-19-8-10-22-18-23(26(29)30-5)12-11-21(22)16-19/h6-13,16-18H,14-15H2,1-5H3. The van der Waals surface area contributed by atoms with Gasteiger partial charge in [0.15, 0.2) is 0 Å². The van der Waals surface area contributed by atoms with Gasteiger partial charge in [0, 0.05) is 0 Å². The van der Waals surface area contributed by atoms with Crippen LogP contribution in [-0.4, -0.2) is 13.1 Å². The van der Waals surface area contributed by atoms with E-state index in [1.165, 1.54) is 36.6 Å². The molecular formula is C28H30O2. The molecule has 1 aliphatic carbocycles. The molecule has 30 heavy (non-hydrogen) atoms. The summed E-state index contributed by atoms with van der Waals surface area (Å²) in [5.41, 5.74) is 6.39. The first kappa shape index (κ1) is 20.4. The summed E-state index contributed by atoms with van der Waals surface area (Å²) in [6.45, 7) is 9.44. The van der Waals surface area contributed by atoms with E-state index in [1.807, 2.05) is 18.2 Å². The second-order valence-electron chi connectivity index (χ2n) is 9.72. The van der Waals surface area contributed by atoms with Gasteiger partial charge in [0.05, 0.1) is 12.7 Å². The van der Waals surface area contributed by atoms with Crippen LogP contribution in [0.15, 0.2) is 54.6 Å². The molecule has 0 aliphatic heterocycles. The van der Waals surface area contributed by atoms with Gasteiger partial charge in [-0.25, -0.2) is 4.79 Å². The van der Waals surface area contributed by atoms with E-state index in [2.05, 4.69) is 76.2 Å². The van der Waals surface area contributed by atoms with Gasteiger partial charge < -0.3 is 4.74 Å². The second-order valence-corrected chi connectivity index (χ2v) is 9.72. The van der Waals surface area contributed by atoms with E-state index in [4.69, 9.17) is 4.74 Å². The van der Waals surface area contributed by atoms with E-state index in [0.29, 0.717) is 5.56 Å². The highest BCUT2D eigenvalue weighted by Gasteiger charge is 2.36. The van der Waals surface area contributed by atoms with Crippen molar-refractivity contribution in [1.82, 2.24) is 0 Å². The number of esters is 1. The number of hydrogen-bond acceptors (Lipinski definition) is 2. The Morgan fingerprint density at radius 3 is 2.03 bits per heavy atom. The Kier molecular flexibility index (Phi) is 5.05. The highest BCUT2D eigenvalue weighted by Crippen LogP contribution is 2.46. The van der Waals surface area contributed by atoms with Crippen molar-refractivity contribution >= 4 is 28.9 Å². The lowest BCUT2D eigenvalue weighted by molar-refractivity contribution is 0.0601. The van der Waals surface area contributed by atoms with Gasteiger partial charge in [0.2, 0.25) is 0 Å². The van der Waals surface area contributed by atoms with Crippen molar-refractivity contribution in [2.75, 3.05) is 7.11 Å². The normalized spacial score (nSPS) is 17.1. The Morgan fingerprint density at radius 2 is 1.33 bits per heavy atom. The van der Waals surface area contributed by atoms with Crippen LogP contribution in [0.2, 0.25) is 0 Å². The molecule has 3 aromatic carbocycles. The average Bonchev–Trinajstić information content (AvgIpc) is 2.74. The first-order valence-corrected chi connectivity index (χ1v) is 10.6. The van der Waals surface area contributed by atoms with Gasteiger partial charge in [-0.3, -0.25) is 0 Å². The van der Waals surface area contributed by atoms with Crippen LogP contribution < -0.4 is 0 Å². The summed E-state index contributed by atoms with van der Waals surface area (Å²) in [5, 5.41) is 2.14. The quantitative estimate of drug-likeness (QED) is 0.346. The van der Waals surface area contributed by atoms with E-state index in [9.17, 15) is 4.79 Å². The number of carbonyl (C=O) groups excluding carboxylic acids is 1. The fraction of sp³-hybridized carbons (Fsp3) is 0.321. The third-order valence-corrected chi connectivity index (χ3v) is 6.63. The lowest BCUT2D eigenvalue weighted by Crippen LogP contribution is -2.33. The third kappa shape index (κ3) is 3.79. The van der Waals surface area contributed by atoms with Crippen molar-refractivity contribution in [3.8, 4) is 0 Å². The van der Waals surface area contributed by atoms with Crippen molar-refractivity contribution in [1.29, 1.82) is 0 Å². The Morgan fingerprint density at radius 1 is 0.767 bits per heavy atom. The summed E-state index contributed by atoms with van der Waals surface area (Å²) in [6, 6.07) is 18.9. The van der Waals surface area contributed by atoms with Crippen molar-refractivity contribution in [2.45, 2.75) is 51.4 Å². The summed E-state index contributed by atoms with van der Waals surface area (Å²) in [6.07, 6.45) is 6.81. The van der Waals surface area contributed by atoms with Crippen LogP contribution in [0, 0.1) is 0 Å². The molecule has 0 radical (unpaired) electrons. The highest BCUT2D eigenvalue weighted by molar-refractivity contribution is 5.96. The molecule has 2 nitrogen and oxygen atoms in total. The number of carbonyl (C=O) groups is 1. The minimum absolute atomic E-state index is 0.217. The Bertz CT molecular complexity index is 1150. The first-order chi connectivity index (χ1) is 14.2. The average molecular weight is 399 g/mol. The highest BCUT2D eigenvalue weighted by atomic mass is 16.5. The van der Waals surface area contributed by atoms with Gasteiger partial charge >= 0.3 is 5.97 Å². The molecule has 0 N–H and O–H groups in total. The summed E-state index contributed by atoms with van der Waals surface area (Å²) >= 11 is 0. The zero-order valence-corrected chi connectivity index (χ0v) is 18.6. The van der Waals surface area contributed by atoms with Gasteiger partial charge in [-0.1, -0.05) is 76.2 Å². The first-order valence-electron chi connectivity index (χ1n) is 10.6. The van der Waals surface area contributed by atoms with Crippen LogP contribution in [0.4, 0.5) is 0 Å². The summed E-state index contributed by atoms with van der Waals surface area (Å²) in [4.78, 5) is 11.7. The van der Waals surface area contributed by atoms with Crippen LogP contribution in [0.1, 0.15) is 73.1 Å².